The van der Waals surface area contributed by atoms with E-state index in [1.807, 2.05) is 0 Å². The molecule has 0 aliphatic rings. The molecule has 0 saturated heterocycles. The van der Waals surface area contributed by atoms with Crippen LogP contribution in [-0.2, 0) is 6.54 Å². The maximum absolute atomic E-state index is 6.12. The monoisotopic (exact) mass is 255 g/mol. The maximum atomic E-state index is 6.12. The number of halogens is 1. The fourth-order valence-corrected chi connectivity index (χ4v) is 1.75. The van der Waals surface area contributed by atoms with Crippen LogP contribution in [0.2, 0.25) is 5.02 Å². The van der Waals surface area contributed by atoms with Crippen LogP contribution in [0.25, 0.3) is 0 Å². The van der Waals surface area contributed by atoms with E-state index in [4.69, 9.17) is 11.6 Å². The average molecular weight is 256 g/mol. The molecule has 0 radical (unpaired) electrons. The van der Waals surface area contributed by atoms with Crippen LogP contribution in [0.5, 0.6) is 0 Å². The Bertz CT molecular complexity index is 341. The fraction of sp³-hybridized carbons (Fsp3) is 0.615. The first-order valence-electron chi connectivity index (χ1n) is 6.25. The molecule has 4 heteroatoms. The second kappa shape index (κ2) is 7.51. The van der Waals surface area contributed by atoms with Gasteiger partial charge < -0.3 is 10.2 Å². The maximum Gasteiger partial charge on any atom is 0.128 e. The number of pyridine rings is 1. The van der Waals surface area contributed by atoms with Crippen LogP contribution in [0.15, 0.2) is 12.3 Å². The quantitative estimate of drug-likeness (QED) is 0.812. The van der Waals surface area contributed by atoms with Gasteiger partial charge in [0.05, 0.1) is 5.02 Å². The van der Waals surface area contributed by atoms with E-state index in [2.05, 4.69) is 42.2 Å². The standard InChI is InChI=1S/C13H22ClN3/c1-4-6-7-17(3)13-8-11(9-15-5-2)12(14)10-16-13/h8,10,15H,4-7,9H2,1-3H3. The van der Waals surface area contributed by atoms with Crippen molar-refractivity contribution >= 4 is 17.4 Å². The highest BCUT2D eigenvalue weighted by Gasteiger charge is 2.06. The summed E-state index contributed by atoms with van der Waals surface area (Å²) in [4.78, 5) is 6.54. The van der Waals surface area contributed by atoms with E-state index in [0.717, 1.165) is 36.0 Å². The zero-order chi connectivity index (χ0) is 12.7. The third kappa shape index (κ3) is 4.52. The van der Waals surface area contributed by atoms with E-state index in [1.54, 1.807) is 6.20 Å². The third-order valence-corrected chi connectivity index (χ3v) is 3.06. The summed E-state index contributed by atoms with van der Waals surface area (Å²) in [6, 6.07) is 2.07. The van der Waals surface area contributed by atoms with Crippen LogP contribution in [0.3, 0.4) is 0 Å². The van der Waals surface area contributed by atoms with Gasteiger partial charge in [-0.05, 0) is 24.6 Å². The molecule has 0 spiro atoms. The molecule has 0 aromatic carbocycles. The number of nitrogens with one attached hydrogen (secondary N) is 1. The number of hydrogen-bond acceptors (Lipinski definition) is 3. The van der Waals surface area contributed by atoms with Crippen LogP contribution < -0.4 is 10.2 Å². The Hall–Kier alpha value is -0.800. The highest BCUT2D eigenvalue weighted by Crippen LogP contribution is 2.20. The third-order valence-electron chi connectivity index (χ3n) is 2.72. The van der Waals surface area contributed by atoms with Crippen molar-refractivity contribution in [3.8, 4) is 0 Å². The SMILES string of the molecule is CCCCN(C)c1cc(CNCC)c(Cl)cn1. The molecule has 0 bridgehead atoms. The second-order valence-electron chi connectivity index (χ2n) is 4.19. The molecule has 0 saturated carbocycles. The van der Waals surface area contributed by atoms with Crippen molar-refractivity contribution in [1.82, 2.24) is 10.3 Å². The molecule has 1 N–H and O–H groups in total. The van der Waals surface area contributed by atoms with Gasteiger partial charge in [-0.15, -0.1) is 0 Å². The van der Waals surface area contributed by atoms with E-state index in [9.17, 15) is 0 Å². The molecular formula is C13H22ClN3. The van der Waals surface area contributed by atoms with Crippen LogP contribution in [0, 0.1) is 0 Å². The largest absolute Gasteiger partial charge is 0.360 e. The van der Waals surface area contributed by atoms with Gasteiger partial charge in [0.2, 0.25) is 0 Å². The average Bonchev–Trinajstić information content (AvgIpc) is 2.35. The van der Waals surface area contributed by atoms with E-state index in [1.165, 1.54) is 12.8 Å². The summed E-state index contributed by atoms with van der Waals surface area (Å²) >= 11 is 6.12. The lowest BCUT2D eigenvalue weighted by Gasteiger charge is -2.19. The normalized spacial score (nSPS) is 10.6. The van der Waals surface area contributed by atoms with Crippen LogP contribution in [-0.4, -0.2) is 25.1 Å². The van der Waals surface area contributed by atoms with Crippen molar-refractivity contribution in [2.24, 2.45) is 0 Å². The van der Waals surface area contributed by atoms with Crippen LogP contribution in [0.4, 0.5) is 5.82 Å². The molecule has 17 heavy (non-hydrogen) atoms. The van der Waals surface area contributed by atoms with Crippen molar-refractivity contribution in [3.63, 3.8) is 0 Å². The highest BCUT2D eigenvalue weighted by atomic mass is 35.5. The number of nitrogens with zero attached hydrogens (tertiary/aromatic N) is 2. The summed E-state index contributed by atoms with van der Waals surface area (Å²) in [5.74, 6) is 0.996. The Kier molecular flexibility index (Phi) is 6.30. The topological polar surface area (TPSA) is 28.2 Å². The lowest BCUT2D eigenvalue weighted by atomic mass is 10.2. The van der Waals surface area contributed by atoms with Gasteiger partial charge in [-0.25, -0.2) is 4.98 Å². The first kappa shape index (κ1) is 14.3. The van der Waals surface area contributed by atoms with Crippen LogP contribution in [0.1, 0.15) is 32.3 Å². The minimum absolute atomic E-state index is 0.735. The summed E-state index contributed by atoms with van der Waals surface area (Å²) in [5.41, 5.74) is 1.11. The van der Waals surface area contributed by atoms with Gasteiger partial charge >= 0.3 is 0 Å². The van der Waals surface area contributed by atoms with Crippen molar-refractivity contribution in [2.75, 3.05) is 25.0 Å². The summed E-state index contributed by atoms with van der Waals surface area (Å²) in [5, 5.41) is 4.02. The molecule has 0 atom stereocenters. The van der Waals surface area contributed by atoms with E-state index in [0.29, 0.717) is 0 Å². The summed E-state index contributed by atoms with van der Waals surface area (Å²) in [6.07, 6.45) is 4.12. The van der Waals surface area contributed by atoms with Gasteiger partial charge in [-0.1, -0.05) is 31.9 Å². The number of aromatic nitrogens is 1. The molecule has 0 amide bonds. The minimum Gasteiger partial charge on any atom is -0.360 e. The number of anilines is 1. The Morgan fingerprint density at radius 3 is 2.82 bits per heavy atom. The Morgan fingerprint density at radius 2 is 2.18 bits per heavy atom. The molecule has 0 unspecified atom stereocenters. The highest BCUT2D eigenvalue weighted by molar-refractivity contribution is 6.31. The predicted octanol–water partition coefficient (Wildman–Crippen LogP) is 3.08. The van der Waals surface area contributed by atoms with E-state index >= 15 is 0 Å². The van der Waals surface area contributed by atoms with Gasteiger partial charge in [0.1, 0.15) is 5.82 Å². The fourth-order valence-electron chi connectivity index (χ4n) is 1.58. The van der Waals surface area contributed by atoms with Crippen molar-refractivity contribution < 1.29 is 0 Å². The molecule has 1 rings (SSSR count). The Labute approximate surface area is 109 Å². The Morgan fingerprint density at radius 1 is 1.41 bits per heavy atom. The van der Waals surface area contributed by atoms with Gasteiger partial charge in [-0.3, -0.25) is 0 Å². The Balaban J connectivity index is 2.72. The van der Waals surface area contributed by atoms with Gasteiger partial charge in [0.25, 0.3) is 0 Å². The molecule has 96 valence electrons. The number of hydrogen-bond donors (Lipinski definition) is 1. The summed E-state index contributed by atoms with van der Waals surface area (Å²) < 4.78 is 0. The van der Waals surface area contributed by atoms with Gasteiger partial charge in [0, 0.05) is 26.3 Å². The lowest BCUT2D eigenvalue weighted by Crippen LogP contribution is -2.20. The minimum atomic E-state index is 0.735. The number of rotatable bonds is 7. The predicted molar refractivity (Wildman–Crippen MR) is 74.8 cm³/mol. The molecule has 0 aliphatic carbocycles. The van der Waals surface area contributed by atoms with Gasteiger partial charge in [0.15, 0.2) is 0 Å². The number of unbranched alkanes of at least 4 members (excludes halogenated alkanes) is 1. The first-order valence-corrected chi connectivity index (χ1v) is 6.63. The first-order chi connectivity index (χ1) is 8.19. The molecule has 0 fully saturated rings. The molecule has 1 aromatic rings. The summed E-state index contributed by atoms with van der Waals surface area (Å²) in [7, 11) is 2.07. The van der Waals surface area contributed by atoms with Gasteiger partial charge in [-0.2, -0.15) is 0 Å². The van der Waals surface area contributed by atoms with E-state index < -0.39 is 0 Å². The summed E-state index contributed by atoms with van der Waals surface area (Å²) in [6.45, 7) is 7.06. The lowest BCUT2D eigenvalue weighted by molar-refractivity contribution is 0.723. The second-order valence-corrected chi connectivity index (χ2v) is 4.60. The molecule has 0 aliphatic heterocycles. The van der Waals surface area contributed by atoms with Crippen molar-refractivity contribution in [1.29, 1.82) is 0 Å². The van der Waals surface area contributed by atoms with Crippen LogP contribution >= 0.6 is 11.6 Å². The zero-order valence-corrected chi connectivity index (χ0v) is 11.7. The molecule has 3 nitrogen and oxygen atoms in total. The smallest absolute Gasteiger partial charge is 0.128 e. The molecule has 1 heterocycles. The van der Waals surface area contributed by atoms with Crippen molar-refractivity contribution in [2.45, 2.75) is 33.2 Å². The molecular weight excluding hydrogens is 234 g/mol. The zero-order valence-electron chi connectivity index (χ0n) is 11.0. The molecule has 1 aromatic heterocycles. The van der Waals surface area contributed by atoms with Crippen molar-refractivity contribution in [3.05, 3.63) is 22.8 Å². The van der Waals surface area contributed by atoms with E-state index in [-0.39, 0.29) is 0 Å².